The number of pyridine rings is 1. The quantitative estimate of drug-likeness (QED) is 0.678. The van der Waals surface area contributed by atoms with Crippen LogP contribution in [0.15, 0.2) is 12.3 Å². The highest BCUT2D eigenvalue weighted by Crippen LogP contribution is 2.30. The summed E-state index contributed by atoms with van der Waals surface area (Å²) in [6.07, 6.45) is -4.08. The number of rotatable bonds is 3. The molecule has 0 radical (unpaired) electrons. The summed E-state index contributed by atoms with van der Waals surface area (Å²) in [6.45, 7) is 0. The average Bonchev–Trinajstić information content (AvgIpc) is 2.29. The van der Waals surface area contributed by atoms with E-state index in [2.05, 4.69) is 9.72 Å². The molecule has 0 bridgehead atoms. The van der Waals surface area contributed by atoms with Gasteiger partial charge in [-0.3, -0.25) is 4.79 Å². The molecule has 1 rings (SSSR count). The van der Waals surface area contributed by atoms with E-state index in [9.17, 15) is 18.0 Å². The van der Waals surface area contributed by atoms with Crippen molar-refractivity contribution in [3.63, 3.8) is 0 Å². The Bertz CT molecular complexity index is 451. The largest absolute Gasteiger partial charge is 0.468 e. The van der Waals surface area contributed by atoms with E-state index in [1.807, 2.05) is 0 Å². The van der Waals surface area contributed by atoms with Crippen LogP contribution < -0.4 is 5.73 Å². The van der Waals surface area contributed by atoms with E-state index < -0.39 is 23.8 Å². The van der Waals surface area contributed by atoms with Crippen molar-refractivity contribution >= 4 is 17.6 Å². The smallest absolute Gasteiger partial charge is 0.417 e. The Kier molecular flexibility index (Phi) is 4.53. The molecule has 0 aromatic carbocycles. The number of alkyl halides is 3. The third-order valence-corrected chi connectivity index (χ3v) is 2.52. The van der Waals surface area contributed by atoms with Crippen LogP contribution >= 0.6 is 11.6 Å². The maximum Gasteiger partial charge on any atom is 0.417 e. The first kappa shape index (κ1) is 14.7. The van der Waals surface area contributed by atoms with E-state index in [0.717, 1.165) is 13.2 Å². The van der Waals surface area contributed by atoms with Crippen LogP contribution in [-0.4, -0.2) is 24.1 Å². The zero-order chi connectivity index (χ0) is 13.9. The van der Waals surface area contributed by atoms with Gasteiger partial charge < -0.3 is 10.5 Å². The van der Waals surface area contributed by atoms with Crippen molar-refractivity contribution in [3.05, 3.63) is 28.5 Å². The number of carbonyl (C=O) groups excluding carboxylic acids is 1. The number of esters is 1. The Hall–Kier alpha value is -1.34. The molecule has 1 aromatic heterocycles. The van der Waals surface area contributed by atoms with Gasteiger partial charge in [0.1, 0.15) is 11.2 Å². The monoisotopic (exact) mass is 282 g/mol. The molecule has 0 aliphatic carbocycles. The SMILES string of the molecule is COC(=O)[C@H](N)Cc1cc(C(F)(F)F)cnc1Cl. The van der Waals surface area contributed by atoms with Gasteiger partial charge in [0.2, 0.25) is 0 Å². The second-order valence-corrected chi connectivity index (χ2v) is 3.86. The van der Waals surface area contributed by atoms with Gasteiger partial charge in [0.15, 0.2) is 0 Å². The number of hydrogen-bond acceptors (Lipinski definition) is 4. The highest BCUT2D eigenvalue weighted by molar-refractivity contribution is 6.30. The lowest BCUT2D eigenvalue weighted by Gasteiger charge is -2.12. The molecule has 0 aliphatic rings. The van der Waals surface area contributed by atoms with Gasteiger partial charge in [0.05, 0.1) is 12.7 Å². The molecule has 1 heterocycles. The van der Waals surface area contributed by atoms with Crippen molar-refractivity contribution in [1.82, 2.24) is 4.98 Å². The molecule has 0 amide bonds. The van der Waals surface area contributed by atoms with E-state index >= 15 is 0 Å². The van der Waals surface area contributed by atoms with Crippen LogP contribution in [0.25, 0.3) is 0 Å². The minimum Gasteiger partial charge on any atom is -0.468 e. The van der Waals surface area contributed by atoms with Gasteiger partial charge in [-0.25, -0.2) is 4.98 Å². The van der Waals surface area contributed by atoms with Gasteiger partial charge in [0, 0.05) is 12.6 Å². The second kappa shape index (κ2) is 5.53. The minimum atomic E-state index is -4.53. The fourth-order valence-corrected chi connectivity index (χ4v) is 1.44. The number of nitrogens with two attached hydrogens (primary N) is 1. The first-order valence-electron chi connectivity index (χ1n) is 4.80. The second-order valence-electron chi connectivity index (χ2n) is 3.51. The highest BCUT2D eigenvalue weighted by atomic mass is 35.5. The van der Waals surface area contributed by atoms with Crippen molar-refractivity contribution in [2.24, 2.45) is 5.73 Å². The van der Waals surface area contributed by atoms with Crippen LogP contribution in [-0.2, 0) is 22.1 Å². The van der Waals surface area contributed by atoms with Crippen molar-refractivity contribution in [2.45, 2.75) is 18.6 Å². The van der Waals surface area contributed by atoms with Crippen LogP contribution in [0, 0.1) is 0 Å². The molecule has 0 unspecified atom stereocenters. The lowest BCUT2D eigenvalue weighted by molar-refractivity contribution is -0.142. The van der Waals surface area contributed by atoms with Gasteiger partial charge in [-0.05, 0) is 11.6 Å². The van der Waals surface area contributed by atoms with Crippen molar-refractivity contribution < 1.29 is 22.7 Å². The molecule has 100 valence electrons. The molecule has 18 heavy (non-hydrogen) atoms. The summed E-state index contributed by atoms with van der Waals surface area (Å²) in [6, 6.07) is -0.268. The van der Waals surface area contributed by atoms with Crippen molar-refractivity contribution in [2.75, 3.05) is 7.11 Å². The van der Waals surface area contributed by atoms with Crippen LogP contribution in [0.4, 0.5) is 13.2 Å². The lowest BCUT2D eigenvalue weighted by Crippen LogP contribution is -2.33. The number of carbonyl (C=O) groups is 1. The van der Waals surface area contributed by atoms with Crippen molar-refractivity contribution in [3.8, 4) is 0 Å². The first-order chi connectivity index (χ1) is 8.25. The predicted molar refractivity (Wildman–Crippen MR) is 57.9 cm³/mol. The molecule has 0 spiro atoms. The van der Waals surface area contributed by atoms with Crippen LogP contribution in [0.3, 0.4) is 0 Å². The third kappa shape index (κ3) is 3.58. The summed E-state index contributed by atoms with van der Waals surface area (Å²) >= 11 is 5.65. The molecule has 0 aliphatic heterocycles. The van der Waals surface area contributed by atoms with Gasteiger partial charge in [0.25, 0.3) is 0 Å². The summed E-state index contributed by atoms with van der Waals surface area (Å²) in [5.74, 6) is -0.733. The number of ether oxygens (including phenoxy) is 1. The molecule has 0 saturated heterocycles. The Morgan fingerprint density at radius 1 is 1.61 bits per heavy atom. The maximum absolute atomic E-state index is 12.5. The molecule has 4 nitrogen and oxygen atoms in total. The number of aromatic nitrogens is 1. The van der Waals surface area contributed by atoms with E-state index in [1.54, 1.807) is 0 Å². The first-order valence-corrected chi connectivity index (χ1v) is 5.18. The van der Waals surface area contributed by atoms with Crippen LogP contribution in [0.5, 0.6) is 0 Å². The molecular formula is C10H10ClF3N2O2. The fourth-order valence-electron chi connectivity index (χ4n) is 1.26. The summed E-state index contributed by atoms with van der Waals surface area (Å²) in [5, 5.41) is -0.123. The Labute approximate surface area is 106 Å². The third-order valence-electron chi connectivity index (χ3n) is 2.18. The predicted octanol–water partition coefficient (Wildman–Crippen LogP) is 1.80. The highest BCUT2D eigenvalue weighted by Gasteiger charge is 2.32. The number of halogens is 4. The summed E-state index contributed by atoms with van der Waals surface area (Å²) in [5.41, 5.74) is 4.55. The van der Waals surface area contributed by atoms with Crippen LogP contribution in [0.2, 0.25) is 5.15 Å². The Morgan fingerprint density at radius 2 is 2.22 bits per heavy atom. The van der Waals surface area contributed by atoms with E-state index in [-0.39, 0.29) is 17.1 Å². The van der Waals surface area contributed by atoms with Crippen molar-refractivity contribution in [1.29, 1.82) is 0 Å². The fraction of sp³-hybridized carbons (Fsp3) is 0.400. The number of nitrogens with zero attached hydrogens (tertiary/aromatic N) is 1. The zero-order valence-corrected chi connectivity index (χ0v) is 10.0. The number of hydrogen-bond donors (Lipinski definition) is 1. The summed E-state index contributed by atoms with van der Waals surface area (Å²) < 4.78 is 41.7. The summed E-state index contributed by atoms with van der Waals surface area (Å²) in [4.78, 5) is 14.5. The molecule has 2 N–H and O–H groups in total. The van der Waals surface area contributed by atoms with E-state index in [1.165, 1.54) is 0 Å². The normalized spacial score (nSPS) is 13.2. The standard InChI is InChI=1S/C10H10ClF3N2O2/c1-18-9(17)7(15)3-5-2-6(10(12,13)14)4-16-8(5)11/h2,4,7H,3,15H2,1H3/t7-/m1/s1. The molecular weight excluding hydrogens is 273 g/mol. The maximum atomic E-state index is 12.5. The molecule has 8 heteroatoms. The molecule has 0 saturated carbocycles. The molecule has 1 atom stereocenters. The number of methoxy groups -OCH3 is 1. The lowest BCUT2D eigenvalue weighted by atomic mass is 10.1. The van der Waals surface area contributed by atoms with Gasteiger partial charge >= 0.3 is 12.1 Å². The summed E-state index contributed by atoms with van der Waals surface area (Å²) in [7, 11) is 1.13. The zero-order valence-electron chi connectivity index (χ0n) is 9.29. The molecule has 0 fully saturated rings. The van der Waals surface area contributed by atoms with Gasteiger partial charge in [-0.2, -0.15) is 13.2 Å². The van der Waals surface area contributed by atoms with E-state index in [0.29, 0.717) is 6.20 Å². The van der Waals surface area contributed by atoms with E-state index in [4.69, 9.17) is 17.3 Å². The molecule has 1 aromatic rings. The van der Waals surface area contributed by atoms with Crippen LogP contribution in [0.1, 0.15) is 11.1 Å². The van der Waals surface area contributed by atoms with Gasteiger partial charge in [-0.15, -0.1) is 0 Å². The average molecular weight is 283 g/mol. The van der Waals surface area contributed by atoms with Gasteiger partial charge in [-0.1, -0.05) is 11.6 Å². The topological polar surface area (TPSA) is 65.2 Å². The minimum absolute atomic E-state index is 0.0457. The Balaban J connectivity index is 2.98. The Morgan fingerprint density at radius 3 is 2.72 bits per heavy atom.